The third kappa shape index (κ3) is 16.8. The van der Waals surface area contributed by atoms with Crippen LogP contribution in [0.4, 0.5) is 0 Å². The Labute approximate surface area is 40.4 Å². The van der Waals surface area contributed by atoms with Gasteiger partial charge in [-0.05, 0) is 7.28 Å². The van der Waals surface area contributed by atoms with Crippen LogP contribution in [-0.4, -0.2) is 7.28 Å². The van der Waals surface area contributed by atoms with Crippen LogP contribution in [0, 0.1) is 0 Å². The Morgan fingerprint density at radius 3 is 1.25 bits per heavy atom. The maximum Gasteiger partial charge on any atom is 1.00 e. The number of hydrogen-bond acceptors (Lipinski definition) is 0. The van der Waals surface area contributed by atoms with Crippen molar-refractivity contribution in [3.8, 4) is 0 Å². The predicted molar refractivity (Wildman–Crippen MR) is 20.3 cm³/mol. The topological polar surface area (TPSA) is 0 Å². The van der Waals surface area contributed by atoms with Crippen LogP contribution in [0.25, 0.3) is 0 Å². The maximum atomic E-state index is 2.25. The molecule has 0 radical (unpaired) electrons. The van der Waals surface area contributed by atoms with Gasteiger partial charge in [-0.25, -0.2) is 0 Å². The summed E-state index contributed by atoms with van der Waals surface area (Å²) >= 11 is 0. The third-order valence-electron chi connectivity index (χ3n) is 0. The molecular weight excluding hydrogens is 41.8 g/mol. The van der Waals surface area contributed by atoms with Crippen LogP contribution in [0.15, 0.2) is 0 Å². The van der Waals surface area contributed by atoms with Gasteiger partial charge < -0.3 is 0 Å². The molecule has 0 heterocycles. The van der Waals surface area contributed by atoms with E-state index >= 15 is 0 Å². The van der Waals surface area contributed by atoms with Gasteiger partial charge in [0.2, 0.25) is 0 Å². The second-order valence-electron chi connectivity index (χ2n) is 1.00. The average Bonchev–Trinajstić information content (AvgIpc) is 0.918. The average molecular weight is 49.8 g/mol. The van der Waals surface area contributed by atoms with Crippen LogP contribution in [-0.2, 0) is 0 Å². The van der Waals surface area contributed by atoms with Gasteiger partial charge in [0, 0.05) is 0 Å². The van der Waals surface area contributed by atoms with E-state index in [1.165, 1.54) is 0 Å². The molecule has 0 N–H and O–H groups in total. The van der Waals surface area contributed by atoms with Crippen molar-refractivity contribution in [1.82, 2.24) is 0 Å². The summed E-state index contributed by atoms with van der Waals surface area (Å²) in [5.41, 5.74) is 0. The van der Waals surface area contributed by atoms with E-state index in [9.17, 15) is 0 Å². The molecular formula is C2H8BLi. The molecule has 0 aromatic carbocycles. The van der Waals surface area contributed by atoms with Crippen molar-refractivity contribution in [1.29, 1.82) is 0 Å². The molecule has 4 heavy (non-hydrogen) atoms. The molecule has 0 aliphatic carbocycles. The zero-order chi connectivity index (χ0) is 2.71. The van der Waals surface area contributed by atoms with Crippen LogP contribution in [0.5, 0.6) is 0 Å². The van der Waals surface area contributed by atoms with Gasteiger partial charge in [0.25, 0.3) is 0 Å². The summed E-state index contributed by atoms with van der Waals surface area (Å²) in [5, 5.41) is 0. The first-order valence-electron chi connectivity index (χ1n) is 2.00. The van der Waals surface area contributed by atoms with E-state index in [0.717, 1.165) is 0 Å². The fourth-order valence-corrected chi connectivity index (χ4v) is 0. The Balaban J connectivity index is 0. The van der Waals surface area contributed by atoms with Gasteiger partial charge in [-0.2, -0.15) is 13.6 Å². The quantitative estimate of drug-likeness (QED) is 0.261. The standard InChI is InChI=1S/C2H8B.Li/c1-3-2;/h3H2,1-2H3;/q-1;+1. The molecule has 0 atom stereocenters. The van der Waals surface area contributed by atoms with Crippen LogP contribution in [0.3, 0.4) is 0 Å². The van der Waals surface area contributed by atoms with Crippen LogP contribution < -0.4 is 18.9 Å². The Morgan fingerprint density at radius 2 is 1.25 bits per heavy atom. The minimum Gasteiger partial charge on any atom is -0.196 e. The zero-order valence-electron chi connectivity index (χ0n) is 4.00. The molecule has 2 heteroatoms. The summed E-state index contributed by atoms with van der Waals surface area (Å²) in [5.74, 6) is 0. The first kappa shape index (κ1) is 8.82. The Hall–Kier alpha value is 0.662. The summed E-state index contributed by atoms with van der Waals surface area (Å²) in [6.07, 6.45) is 0. The van der Waals surface area contributed by atoms with Crippen LogP contribution in [0.2, 0.25) is 13.6 Å². The van der Waals surface area contributed by atoms with Gasteiger partial charge in [-0.3, -0.25) is 0 Å². The minimum absolute atomic E-state index is 0. The van der Waals surface area contributed by atoms with Crippen molar-refractivity contribution >= 4 is 7.28 Å². The third-order valence-corrected chi connectivity index (χ3v) is 0. The molecule has 0 aromatic rings. The summed E-state index contributed by atoms with van der Waals surface area (Å²) in [7, 11) is 0.500. The number of rotatable bonds is 0. The maximum absolute atomic E-state index is 2.25. The Kier molecular flexibility index (Phi) is 20.7. The molecule has 0 amide bonds. The van der Waals surface area contributed by atoms with Crippen molar-refractivity contribution in [2.45, 2.75) is 13.6 Å². The van der Waals surface area contributed by atoms with Crippen molar-refractivity contribution in [3.05, 3.63) is 0 Å². The van der Waals surface area contributed by atoms with E-state index in [1.54, 1.807) is 0 Å². The van der Waals surface area contributed by atoms with Crippen molar-refractivity contribution in [2.75, 3.05) is 0 Å². The monoisotopic (exact) mass is 50.1 g/mol. The van der Waals surface area contributed by atoms with Crippen molar-refractivity contribution in [2.24, 2.45) is 0 Å². The number of hydrogen-bond donors (Lipinski definition) is 0. The van der Waals surface area contributed by atoms with Crippen molar-refractivity contribution < 1.29 is 18.9 Å². The largest absolute Gasteiger partial charge is 1.00 e. The van der Waals surface area contributed by atoms with Gasteiger partial charge in [0.05, 0.1) is 0 Å². The molecule has 0 bridgehead atoms. The van der Waals surface area contributed by atoms with E-state index < -0.39 is 0 Å². The zero-order valence-corrected chi connectivity index (χ0v) is 4.00. The second-order valence-corrected chi connectivity index (χ2v) is 1.00. The molecule has 0 saturated heterocycles. The van der Waals surface area contributed by atoms with E-state index in [-0.39, 0.29) is 18.9 Å². The van der Waals surface area contributed by atoms with Gasteiger partial charge in [0.1, 0.15) is 0 Å². The molecule has 0 spiro atoms. The summed E-state index contributed by atoms with van der Waals surface area (Å²) in [6, 6.07) is 0. The van der Waals surface area contributed by atoms with Crippen molar-refractivity contribution in [3.63, 3.8) is 0 Å². The molecule has 0 saturated carbocycles. The molecule has 0 aliphatic rings. The molecule has 0 nitrogen and oxygen atoms in total. The van der Waals surface area contributed by atoms with Crippen LogP contribution >= 0.6 is 0 Å². The smallest absolute Gasteiger partial charge is 0.196 e. The van der Waals surface area contributed by atoms with E-state index in [0.29, 0.717) is 7.28 Å². The Bertz CT molecular complexity index is 6.00. The normalized spacial score (nSPS) is 4.50. The van der Waals surface area contributed by atoms with E-state index in [4.69, 9.17) is 0 Å². The second kappa shape index (κ2) is 9.39. The van der Waals surface area contributed by atoms with E-state index in [1.807, 2.05) is 0 Å². The molecule has 0 rings (SSSR count). The predicted octanol–water partition coefficient (Wildman–Crippen LogP) is -2.74. The fraction of sp³-hybridized carbons (Fsp3) is 1.00. The summed E-state index contributed by atoms with van der Waals surface area (Å²) in [4.78, 5) is 0. The van der Waals surface area contributed by atoms with E-state index in [2.05, 4.69) is 13.6 Å². The molecule has 0 fully saturated rings. The van der Waals surface area contributed by atoms with Gasteiger partial charge in [-0.15, -0.1) is 0 Å². The summed E-state index contributed by atoms with van der Waals surface area (Å²) < 4.78 is 0. The first-order chi connectivity index (χ1) is 1.41. The Morgan fingerprint density at radius 1 is 1.25 bits per heavy atom. The first-order valence-corrected chi connectivity index (χ1v) is 2.00. The minimum atomic E-state index is 0. The van der Waals surface area contributed by atoms with Gasteiger partial charge in [-0.1, -0.05) is 0 Å². The van der Waals surface area contributed by atoms with Gasteiger partial charge >= 0.3 is 18.9 Å². The SMILES string of the molecule is C[BH2-]C.[Li+]. The molecule has 0 aliphatic heterocycles. The fourth-order valence-electron chi connectivity index (χ4n) is 0. The van der Waals surface area contributed by atoms with Crippen LogP contribution in [0.1, 0.15) is 0 Å². The molecule has 0 unspecified atom stereocenters. The summed E-state index contributed by atoms with van der Waals surface area (Å²) in [6.45, 7) is 4.50. The molecule has 20 valence electrons. The van der Waals surface area contributed by atoms with Gasteiger partial charge in [0.15, 0.2) is 0 Å². The molecule has 0 aromatic heterocycles.